The molecular formula is C7H11NO2S. The van der Waals surface area contributed by atoms with E-state index in [0.29, 0.717) is 11.2 Å². The van der Waals surface area contributed by atoms with Crippen LogP contribution in [-0.4, -0.2) is 37.4 Å². The Labute approximate surface area is 70.4 Å². The van der Waals surface area contributed by atoms with Crippen molar-refractivity contribution >= 4 is 24.0 Å². The van der Waals surface area contributed by atoms with E-state index >= 15 is 0 Å². The van der Waals surface area contributed by atoms with E-state index in [0.717, 1.165) is 0 Å². The van der Waals surface area contributed by atoms with Gasteiger partial charge in [0.05, 0.1) is 4.91 Å². The van der Waals surface area contributed by atoms with Crippen LogP contribution in [0.5, 0.6) is 0 Å². The van der Waals surface area contributed by atoms with Crippen molar-refractivity contribution < 1.29 is 9.59 Å². The Kier molecular flexibility index (Phi) is 4.61. The highest BCUT2D eigenvalue weighted by atomic mass is 32.2. The predicted octanol–water partition coefficient (Wildman–Crippen LogP) is 0.520. The van der Waals surface area contributed by atoms with Crippen LogP contribution in [-0.2, 0) is 9.59 Å². The Morgan fingerprint density at radius 2 is 2.00 bits per heavy atom. The van der Waals surface area contributed by atoms with Crippen LogP contribution in [0.4, 0.5) is 0 Å². The summed E-state index contributed by atoms with van der Waals surface area (Å²) in [7, 11) is 3.30. The Balaban J connectivity index is 4.38. The van der Waals surface area contributed by atoms with E-state index in [1.807, 2.05) is 0 Å². The molecule has 0 bridgehead atoms. The number of carbonyl (C=O) groups excluding carboxylic acids is 2. The van der Waals surface area contributed by atoms with Gasteiger partial charge in [0.1, 0.15) is 6.29 Å². The molecule has 11 heavy (non-hydrogen) atoms. The Morgan fingerprint density at radius 3 is 2.27 bits per heavy atom. The zero-order valence-corrected chi connectivity index (χ0v) is 7.64. The fourth-order valence-corrected chi connectivity index (χ4v) is 1.06. The molecule has 0 aliphatic carbocycles. The molecule has 1 amide bonds. The van der Waals surface area contributed by atoms with Gasteiger partial charge >= 0.3 is 0 Å². The van der Waals surface area contributed by atoms with E-state index in [9.17, 15) is 9.59 Å². The highest BCUT2D eigenvalue weighted by molar-refractivity contribution is 8.03. The highest BCUT2D eigenvalue weighted by Gasteiger charge is 2.08. The summed E-state index contributed by atoms with van der Waals surface area (Å²) in [6.45, 7) is 0. The summed E-state index contributed by atoms with van der Waals surface area (Å²) in [5.41, 5.74) is 0. The van der Waals surface area contributed by atoms with Gasteiger partial charge in [0.25, 0.3) is 5.91 Å². The Morgan fingerprint density at radius 1 is 1.45 bits per heavy atom. The van der Waals surface area contributed by atoms with Gasteiger partial charge in [-0.1, -0.05) is 0 Å². The number of rotatable bonds is 3. The first-order valence-electron chi connectivity index (χ1n) is 3.04. The van der Waals surface area contributed by atoms with E-state index in [-0.39, 0.29) is 5.91 Å². The van der Waals surface area contributed by atoms with Crippen LogP contribution >= 0.6 is 11.8 Å². The number of carbonyl (C=O) groups is 2. The summed E-state index contributed by atoms with van der Waals surface area (Å²) in [5, 5.41) is 0. The molecule has 0 rings (SSSR count). The molecule has 0 aromatic carbocycles. The van der Waals surface area contributed by atoms with Crippen molar-refractivity contribution in [1.29, 1.82) is 0 Å². The van der Waals surface area contributed by atoms with Gasteiger partial charge in [0, 0.05) is 14.1 Å². The first-order valence-corrected chi connectivity index (χ1v) is 4.27. The summed E-state index contributed by atoms with van der Waals surface area (Å²) >= 11 is 1.27. The standard InChI is InChI=1S/C7H11NO2S/c1-8(2)7(10)6(11-3)4-5-9/h4-5H,1-3H3/b6-4+. The SMILES string of the molecule is CS/C(=C/C=O)C(=O)N(C)C. The van der Waals surface area contributed by atoms with Crippen LogP contribution < -0.4 is 0 Å². The van der Waals surface area contributed by atoms with Gasteiger partial charge in [-0.2, -0.15) is 0 Å². The van der Waals surface area contributed by atoms with Crippen molar-refractivity contribution in [1.82, 2.24) is 4.90 Å². The monoisotopic (exact) mass is 173 g/mol. The van der Waals surface area contributed by atoms with Gasteiger partial charge in [-0.3, -0.25) is 9.59 Å². The van der Waals surface area contributed by atoms with Crippen molar-refractivity contribution in [2.45, 2.75) is 0 Å². The zero-order chi connectivity index (χ0) is 8.85. The fourth-order valence-electron chi connectivity index (χ4n) is 0.509. The third kappa shape index (κ3) is 3.23. The first-order chi connectivity index (χ1) is 5.13. The van der Waals surface area contributed by atoms with Gasteiger partial charge in [0.2, 0.25) is 0 Å². The number of likely N-dealkylation sites (N-methyl/N-ethyl adjacent to an activating group) is 1. The maximum atomic E-state index is 11.1. The molecule has 0 aliphatic rings. The molecule has 0 N–H and O–H groups in total. The molecule has 0 aliphatic heterocycles. The number of amides is 1. The van der Waals surface area contributed by atoms with Gasteiger partial charge in [0.15, 0.2) is 0 Å². The lowest BCUT2D eigenvalue weighted by molar-refractivity contribution is -0.124. The Bertz CT molecular complexity index is 187. The fraction of sp³-hybridized carbons (Fsp3) is 0.429. The lowest BCUT2D eigenvalue weighted by Gasteiger charge is -2.10. The molecule has 0 radical (unpaired) electrons. The Hall–Kier alpha value is -0.770. The van der Waals surface area contributed by atoms with Gasteiger partial charge in [-0.25, -0.2) is 0 Å². The van der Waals surface area contributed by atoms with Crippen LogP contribution in [0, 0.1) is 0 Å². The topological polar surface area (TPSA) is 37.4 Å². The van der Waals surface area contributed by atoms with Crippen molar-refractivity contribution in [2.75, 3.05) is 20.4 Å². The van der Waals surface area contributed by atoms with E-state index in [2.05, 4.69) is 0 Å². The minimum atomic E-state index is -0.135. The molecule has 0 fully saturated rings. The van der Waals surface area contributed by atoms with E-state index in [1.165, 1.54) is 22.7 Å². The maximum Gasteiger partial charge on any atom is 0.259 e. The van der Waals surface area contributed by atoms with Crippen LogP contribution in [0.2, 0.25) is 0 Å². The average molecular weight is 173 g/mol. The van der Waals surface area contributed by atoms with Crippen LogP contribution in [0.15, 0.2) is 11.0 Å². The predicted molar refractivity (Wildman–Crippen MR) is 46.4 cm³/mol. The second kappa shape index (κ2) is 4.96. The van der Waals surface area contributed by atoms with Crippen LogP contribution in [0.3, 0.4) is 0 Å². The summed E-state index contributed by atoms with van der Waals surface area (Å²) in [4.78, 5) is 23.1. The van der Waals surface area contributed by atoms with Crippen molar-refractivity contribution in [2.24, 2.45) is 0 Å². The van der Waals surface area contributed by atoms with Crippen molar-refractivity contribution in [3.63, 3.8) is 0 Å². The molecule has 0 spiro atoms. The molecule has 0 unspecified atom stereocenters. The maximum absolute atomic E-state index is 11.1. The number of allylic oxidation sites excluding steroid dienone is 1. The minimum Gasteiger partial charge on any atom is -0.344 e. The molecule has 0 aromatic heterocycles. The van der Waals surface area contributed by atoms with Gasteiger partial charge in [-0.15, -0.1) is 11.8 Å². The number of aldehydes is 1. The lowest BCUT2D eigenvalue weighted by Crippen LogP contribution is -2.22. The van der Waals surface area contributed by atoms with Crippen molar-refractivity contribution in [3.05, 3.63) is 11.0 Å². The first kappa shape index (κ1) is 10.2. The van der Waals surface area contributed by atoms with Gasteiger partial charge in [-0.05, 0) is 12.3 Å². The molecule has 0 saturated carbocycles. The summed E-state index contributed by atoms with van der Waals surface area (Å²) in [5.74, 6) is -0.135. The molecule has 4 heteroatoms. The zero-order valence-electron chi connectivity index (χ0n) is 6.83. The van der Waals surface area contributed by atoms with E-state index in [4.69, 9.17) is 0 Å². The number of thioether (sulfide) groups is 1. The molecule has 62 valence electrons. The second-order valence-electron chi connectivity index (χ2n) is 2.07. The van der Waals surface area contributed by atoms with Crippen LogP contribution in [0.25, 0.3) is 0 Å². The lowest BCUT2D eigenvalue weighted by atomic mass is 10.4. The summed E-state index contributed by atoms with van der Waals surface area (Å²) < 4.78 is 0. The van der Waals surface area contributed by atoms with Gasteiger partial charge < -0.3 is 4.90 Å². The normalized spacial score (nSPS) is 11.0. The largest absolute Gasteiger partial charge is 0.344 e. The smallest absolute Gasteiger partial charge is 0.259 e. The number of nitrogens with zero attached hydrogens (tertiary/aromatic N) is 1. The quantitative estimate of drug-likeness (QED) is 0.461. The molecular weight excluding hydrogens is 162 g/mol. The second-order valence-corrected chi connectivity index (χ2v) is 2.92. The van der Waals surface area contributed by atoms with E-state index < -0.39 is 0 Å². The van der Waals surface area contributed by atoms with Crippen molar-refractivity contribution in [3.8, 4) is 0 Å². The number of hydrogen-bond acceptors (Lipinski definition) is 3. The molecule has 0 heterocycles. The summed E-state index contributed by atoms with van der Waals surface area (Å²) in [6, 6.07) is 0. The third-order valence-corrected chi connectivity index (χ3v) is 1.81. The molecule has 0 atom stereocenters. The molecule has 3 nitrogen and oxygen atoms in total. The number of hydrogen-bond donors (Lipinski definition) is 0. The van der Waals surface area contributed by atoms with E-state index in [1.54, 1.807) is 20.4 Å². The van der Waals surface area contributed by atoms with Crippen LogP contribution in [0.1, 0.15) is 0 Å². The minimum absolute atomic E-state index is 0.135. The highest BCUT2D eigenvalue weighted by Crippen LogP contribution is 2.12. The molecule has 0 aromatic rings. The summed E-state index contributed by atoms with van der Waals surface area (Å²) in [6.07, 6.45) is 3.65. The third-order valence-electron chi connectivity index (χ3n) is 1.06. The average Bonchev–Trinajstić information content (AvgIpc) is 1.98. The molecule has 0 saturated heterocycles.